The van der Waals surface area contributed by atoms with E-state index < -0.39 is 0 Å². The maximum absolute atomic E-state index is 12.8. The second-order valence-corrected chi connectivity index (χ2v) is 9.29. The molecule has 172 valence electrons. The van der Waals surface area contributed by atoms with E-state index in [1.165, 1.54) is 24.8 Å². The first-order valence-corrected chi connectivity index (χ1v) is 12.1. The summed E-state index contributed by atoms with van der Waals surface area (Å²) < 4.78 is 0. The Balaban J connectivity index is 1.36. The molecule has 6 heteroatoms. The number of nitrogens with zero attached hydrogens (tertiary/aromatic N) is 3. The Labute approximate surface area is 188 Å². The van der Waals surface area contributed by atoms with Crippen molar-refractivity contribution in [2.45, 2.75) is 70.5 Å². The molecule has 1 heterocycles. The Morgan fingerprint density at radius 1 is 1.19 bits per heavy atom. The molecular weight excluding hydrogens is 386 g/mol. The summed E-state index contributed by atoms with van der Waals surface area (Å²) in [5.74, 6) is 1.48. The third kappa shape index (κ3) is 7.23. The number of aliphatic imine (C=N–C) groups is 1. The number of hydrogen-bond acceptors (Lipinski definition) is 3. The quantitative estimate of drug-likeness (QED) is 0.494. The van der Waals surface area contributed by atoms with E-state index in [1.807, 2.05) is 7.05 Å². The normalized spacial score (nSPS) is 21.4. The van der Waals surface area contributed by atoms with Crippen LogP contribution in [0.1, 0.15) is 57.4 Å². The van der Waals surface area contributed by atoms with Gasteiger partial charge in [-0.3, -0.25) is 14.7 Å². The van der Waals surface area contributed by atoms with Gasteiger partial charge in [-0.15, -0.1) is 0 Å². The highest BCUT2D eigenvalue weighted by molar-refractivity contribution is 5.81. The zero-order valence-corrected chi connectivity index (χ0v) is 19.6. The topological polar surface area (TPSA) is 60.0 Å². The smallest absolute Gasteiger partial charge is 0.225 e. The van der Waals surface area contributed by atoms with Crippen molar-refractivity contribution < 1.29 is 4.79 Å². The molecule has 2 unspecified atom stereocenters. The van der Waals surface area contributed by atoms with Crippen molar-refractivity contribution in [3.05, 3.63) is 35.9 Å². The zero-order chi connectivity index (χ0) is 22.1. The third-order valence-corrected chi connectivity index (χ3v) is 6.90. The van der Waals surface area contributed by atoms with Crippen LogP contribution < -0.4 is 10.6 Å². The minimum Gasteiger partial charge on any atom is -0.356 e. The molecule has 3 rings (SSSR count). The first-order valence-electron chi connectivity index (χ1n) is 12.1. The SMILES string of the molecule is CN=C(NCCC(C)N(C)Cc1ccccc1)NC1CCN(C(=O)C2CCCCC2)C1. The molecule has 2 fully saturated rings. The van der Waals surface area contributed by atoms with E-state index in [0.717, 1.165) is 57.8 Å². The molecule has 0 aromatic heterocycles. The molecule has 1 amide bonds. The molecule has 6 nitrogen and oxygen atoms in total. The van der Waals surface area contributed by atoms with Gasteiger partial charge < -0.3 is 15.5 Å². The van der Waals surface area contributed by atoms with Crippen LogP contribution in [0.3, 0.4) is 0 Å². The van der Waals surface area contributed by atoms with Crippen LogP contribution >= 0.6 is 0 Å². The lowest BCUT2D eigenvalue weighted by molar-refractivity contribution is -0.135. The van der Waals surface area contributed by atoms with Gasteiger partial charge in [0.2, 0.25) is 5.91 Å². The Hall–Kier alpha value is -2.08. The van der Waals surface area contributed by atoms with E-state index in [9.17, 15) is 4.79 Å². The molecule has 1 aromatic carbocycles. The molecule has 1 aliphatic heterocycles. The summed E-state index contributed by atoms with van der Waals surface area (Å²) in [6, 6.07) is 11.4. The van der Waals surface area contributed by atoms with Crippen molar-refractivity contribution in [3.63, 3.8) is 0 Å². The predicted molar refractivity (Wildman–Crippen MR) is 128 cm³/mol. The molecule has 1 saturated carbocycles. The van der Waals surface area contributed by atoms with Crippen LogP contribution in [0, 0.1) is 5.92 Å². The lowest BCUT2D eigenvalue weighted by Gasteiger charge is -2.27. The highest BCUT2D eigenvalue weighted by Crippen LogP contribution is 2.26. The van der Waals surface area contributed by atoms with Gasteiger partial charge in [-0.05, 0) is 45.2 Å². The van der Waals surface area contributed by atoms with Gasteiger partial charge in [0, 0.05) is 51.2 Å². The lowest BCUT2D eigenvalue weighted by Crippen LogP contribution is -2.46. The average Bonchev–Trinajstić information content (AvgIpc) is 3.27. The van der Waals surface area contributed by atoms with E-state index in [2.05, 4.69) is 69.7 Å². The molecular formula is C25H41N5O. The fraction of sp³-hybridized carbons (Fsp3) is 0.680. The van der Waals surface area contributed by atoms with Gasteiger partial charge >= 0.3 is 0 Å². The zero-order valence-electron chi connectivity index (χ0n) is 19.6. The largest absolute Gasteiger partial charge is 0.356 e. The van der Waals surface area contributed by atoms with Crippen LogP contribution in [0.5, 0.6) is 0 Å². The van der Waals surface area contributed by atoms with Crippen molar-refractivity contribution in [2.24, 2.45) is 10.9 Å². The lowest BCUT2D eigenvalue weighted by atomic mass is 9.88. The molecule has 1 aromatic rings. The maximum Gasteiger partial charge on any atom is 0.225 e. The number of nitrogens with one attached hydrogen (secondary N) is 2. The first-order chi connectivity index (χ1) is 15.1. The Bertz CT molecular complexity index is 701. The van der Waals surface area contributed by atoms with E-state index in [4.69, 9.17) is 0 Å². The second kappa shape index (κ2) is 12.1. The minimum absolute atomic E-state index is 0.263. The predicted octanol–water partition coefficient (Wildman–Crippen LogP) is 3.24. The number of carbonyl (C=O) groups is 1. The molecule has 31 heavy (non-hydrogen) atoms. The van der Waals surface area contributed by atoms with Crippen molar-refractivity contribution in [1.82, 2.24) is 20.4 Å². The van der Waals surface area contributed by atoms with E-state index in [1.54, 1.807) is 0 Å². The standard InChI is InChI=1S/C25H41N5O/c1-20(29(3)18-21-10-6-4-7-11-21)14-16-27-25(26-2)28-23-15-17-30(19-23)24(31)22-12-8-5-9-13-22/h4,6-7,10-11,20,22-23H,5,8-9,12-19H2,1-3H3,(H2,26,27,28). The number of amides is 1. The van der Waals surface area contributed by atoms with Gasteiger partial charge in [0.1, 0.15) is 0 Å². The summed E-state index contributed by atoms with van der Waals surface area (Å²) in [6.07, 6.45) is 7.90. The number of benzene rings is 1. The van der Waals surface area contributed by atoms with Gasteiger partial charge in [-0.2, -0.15) is 0 Å². The van der Waals surface area contributed by atoms with Crippen LogP contribution in [-0.2, 0) is 11.3 Å². The minimum atomic E-state index is 0.263. The molecule has 2 N–H and O–H groups in total. The van der Waals surface area contributed by atoms with E-state index >= 15 is 0 Å². The van der Waals surface area contributed by atoms with Crippen LogP contribution in [0.4, 0.5) is 0 Å². The highest BCUT2D eigenvalue weighted by atomic mass is 16.2. The summed E-state index contributed by atoms with van der Waals surface area (Å²) in [5.41, 5.74) is 1.34. The van der Waals surface area contributed by atoms with Gasteiger partial charge in [0.05, 0.1) is 0 Å². The Kier molecular flexibility index (Phi) is 9.19. The van der Waals surface area contributed by atoms with Gasteiger partial charge in [-0.1, -0.05) is 49.6 Å². The number of carbonyl (C=O) groups excluding carboxylic acids is 1. The van der Waals surface area contributed by atoms with Crippen molar-refractivity contribution >= 4 is 11.9 Å². The molecule has 0 radical (unpaired) electrons. The summed E-state index contributed by atoms with van der Waals surface area (Å²) in [7, 11) is 4.00. The fourth-order valence-corrected chi connectivity index (χ4v) is 4.72. The summed E-state index contributed by atoms with van der Waals surface area (Å²) in [6.45, 7) is 5.77. The number of rotatable bonds is 8. The molecule has 2 atom stereocenters. The molecule has 0 bridgehead atoms. The van der Waals surface area contributed by atoms with Crippen molar-refractivity contribution in [1.29, 1.82) is 0 Å². The Morgan fingerprint density at radius 3 is 2.65 bits per heavy atom. The summed E-state index contributed by atoms with van der Waals surface area (Å²) in [5, 5.41) is 6.99. The van der Waals surface area contributed by atoms with Crippen LogP contribution in [0.15, 0.2) is 35.3 Å². The summed E-state index contributed by atoms with van der Waals surface area (Å²) in [4.78, 5) is 21.6. The van der Waals surface area contributed by atoms with Crippen molar-refractivity contribution in [3.8, 4) is 0 Å². The third-order valence-electron chi connectivity index (χ3n) is 6.90. The van der Waals surface area contributed by atoms with Crippen LogP contribution in [0.25, 0.3) is 0 Å². The average molecular weight is 428 g/mol. The molecule has 1 aliphatic carbocycles. The maximum atomic E-state index is 12.8. The summed E-state index contributed by atoms with van der Waals surface area (Å²) >= 11 is 0. The highest BCUT2D eigenvalue weighted by Gasteiger charge is 2.31. The first kappa shape index (κ1) is 23.6. The number of likely N-dealkylation sites (tertiary alicyclic amines) is 1. The molecule has 1 saturated heterocycles. The van der Waals surface area contributed by atoms with Gasteiger partial charge in [0.15, 0.2) is 5.96 Å². The molecule has 0 spiro atoms. The van der Waals surface area contributed by atoms with E-state index in [-0.39, 0.29) is 12.0 Å². The van der Waals surface area contributed by atoms with Crippen LogP contribution in [0.2, 0.25) is 0 Å². The van der Waals surface area contributed by atoms with Gasteiger partial charge in [-0.25, -0.2) is 0 Å². The van der Waals surface area contributed by atoms with Crippen LogP contribution in [-0.4, -0.2) is 67.5 Å². The second-order valence-electron chi connectivity index (χ2n) is 9.29. The fourth-order valence-electron chi connectivity index (χ4n) is 4.72. The van der Waals surface area contributed by atoms with Gasteiger partial charge in [0.25, 0.3) is 0 Å². The molecule has 2 aliphatic rings. The van der Waals surface area contributed by atoms with E-state index in [0.29, 0.717) is 11.9 Å². The number of guanidine groups is 1. The monoisotopic (exact) mass is 427 g/mol. The Morgan fingerprint density at radius 2 is 1.94 bits per heavy atom. The van der Waals surface area contributed by atoms with Crippen molar-refractivity contribution in [2.75, 3.05) is 33.7 Å². The number of hydrogen-bond donors (Lipinski definition) is 2.